The number of aromatic nitrogens is 1. The zero-order valence-electron chi connectivity index (χ0n) is 5.85. The highest BCUT2D eigenvalue weighted by molar-refractivity contribution is 9.10. The number of pyridine rings is 1. The van der Waals surface area contributed by atoms with Gasteiger partial charge in [-0.1, -0.05) is 6.07 Å². The minimum atomic E-state index is -0.318. The van der Waals surface area contributed by atoms with Crippen molar-refractivity contribution < 1.29 is 4.39 Å². The van der Waals surface area contributed by atoms with Gasteiger partial charge in [0.05, 0.1) is 0 Å². The van der Waals surface area contributed by atoms with E-state index in [2.05, 4.69) is 20.9 Å². The number of hydrogen-bond donors (Lipinski definition) is 0. The van der Waals surface area contributed by atoms with Crippen molar-refractivity contribution in [1.82, 2.24) is 4.98 Å². The van der Waals surface area contributed by atoms with Crippen molar-refractivity contribution in [2.24, 2.45) is 0 Å². The van der Waals surface area contributed by atoms with Gasteiger partial charge in [0.1, 0.15) is 4.60 Å². The topological polar surface area (TPSA) is 12.9 Å². The molecule has 1 heterocycles. The van der Waals surface area contributed by atoms with Crippen LogP contribution >= 0.6 is 15.9 Å². The largest absolute Gasteiger partial charge is 0.217 e. The van der Waals surface area contributed by atoms with Crippen LogP contribution in [0.25, 0.3) is 0 Å². The van der Waals surface area contributed by atoms with Crippen LogP contribution in [0.15, 0.2) is 16.7 Å². The molecule has 0 spiro atoms. The summed E-state index contributed by atoms with van der Waals surface area (Å²) in [6.45, 7) is 0. The zero-order chi connectivity index (χ0) is 7.84. The maximum absolute atomic E-state index is 13.0. The number of halogens is 2. The first-order valence-electron chi connectivity index (χ1n) is 3.59. The highest BCUT2D eigenvalue weighted by atomic mass is 79.9. The Kier molecular flexibility index (Phi) is 1.68. The molecule has 1 aromatic rings. The van der Waals surface area contributed by atoms with E-state index >= 15 is 0 Å². The normalized spacial score (nSPS) is 16.9. The molecule has 3 heteroatoms. The third-order valence-electron chi connectivity index (χ3n) is 1.86. The Hall–Kier alpha value is -0.440. The second kappa shape index (κ2) is 2.55. The third-order valence-corrected chi connectivity index (χ3v) is 2.30. The second-order valence-electron chi connectivity index (χ2n) is 2.79. The molecule has 1 aliphatic rings. The first-order chi connectivity index (χ1) is 5.27. The average molecular weight is 216 g/mol. The maximum atomic E-state index is 13.0. The van der Waals surface area contributed by atoms with E-state index in [1.165, 1.54) is 0 Å². The summed E-state index contributed by atoms with van der Waals surface area (Å²) in [6.07, 6.45) is 2.22. The fourth-order valence-electron chi connectivity index (χ4n) is 1.12. The molecule has 1 fully saturated rings. The minimum absolute atomic E-state index is 0.318. The summed E-state index contributed by atoms with van der Waals surface area (Å²) < 4.78 is 13.6. The lowest BCUT2D eigenvalue weighted by Crippen LogP contribution is -1.90. The lowest BCUT2D eigenvalue weighted by Gasteiger charge is -1.98. The molecule has 0 aliphatic heterocycles. The van der Waals surface area contributed by atoms with E-state index in [4.69, 9.17) is 0 Å². The first kappa shape index (κ1) is 7.22. The van der Waals surface area contributed by atoms with Gasteiger partial charge in [0.25, 0.3) is 0 Å². The SMILES string of the molecule is Fc1nc(Br)ccc1C1CC1. The molecule has 0 saturated heterocycles. The van der Waals surface area contributed by atoms with Gasteiger partial charge in [0.2, 0.25) is 5.95 Å². The fraction of sp³-hybridized carbons (Fsp3) is 0.375. The Morgan fingerprint density at radius 3 is 2.73 bits per heavy atom. The molecule has 58 valence electrons. The van der Waals surface area contributed by atoms with E-state index < -0.39 is 0 Å². The van der Waals surface area contributed by atoms with Gasteiger partial charge < -0.3 is 0 Å². The van der Waals surface area contributed by atoms with E-state index in [-0.39, 0.29) is 5.95 Å². The summed E-state index contributed by atoms with van der Waals surface area (Å²) in [6, 6.07) is 3.60. The highest BCUT2D eigenvalue weighted by Crippen LogP contribution is 2.40. The summed E-state index contributed by atoms with van der Waals surface area (Å²) in [5.41, 5.74) is 0.771. The number of rotatable bonds is 1. The maximum Gasteiger partial charge on any atom is 0.217 e. The van der Waals surface area contributed by atoms with E-state index in [0.29, 0.717) is 10.5 Å². The van der Waals surface area contributed by atoms with Crippen molar-refractivity contribution in [3.05, 3.63) is 28.2 Å². The van der Waals surface area contributed by atoms with E-state index in [0.717, 1.165) is 18.4 Å². The van der Waals surface area contributed by atoms with Crippen molar-refractivity contribution in [3.63, 3.8) is 0 Å². The third kappa shape index (κ3) is 1.43. The van der Waals surface area contributed by atoms with Crippen LogP contribution in [0.1, 0.15) is 24.3 Å². The van der Waals surface area contributed by atoms with Crippen LogP contribution in [0.3, 0.4) is 0 Å². The summed E-state index contributed by atoms with van der Waals surface area (Å²) in [7, 11) is 0. The summed E-state index contributed by atoms with van der Waals surface area (Å²) in [5.74, 6) is 0.123. The molecule has 0 amide bonds. The van der Waals surface area contributed by atoms with Gasteiger partial charge in [0, 0.05) is 5.56 Å². The van der Waals surface area contributed by atoms with Crippen LogP contribution in [0, 0.1) is 5.95 Å². The average Bonchev–Trinajstić information content (AvgIpc) is 2.70. The molecular weight excluding hydrogens is 209 g/mol. The summed E-state index contributed by atoms with van der Waals surface area (Å²) in [4.78, 5) is 3.68. The molecule has 1 nitrogen and oxygen atoms in total. The molecule has 0 atom stereocenters. The minimum Gasteiger partial charge on any atom is -0.212 e. The molecule has 1 aromatic heterocycles. The van der Waals surface area contributed by atoms with Gasteiger partial charge in [-0.05, 0) is 40.8 Å². The van der Waals surface area contributed by atoms with Crippen LogP contribution in [0.2, 0.25) is 0 Å². The quantitative estimate of drug-likeness (QED) is 0.657. The molecule has 11 heavy (non-hydrogen) atoms. The van der Waals surface area contributed by atoms with E-state index in [1.807, 2.05) is 6.07 Å². The Morgan fingerprint density at radius 1 is 1.45 bits per heavy atom. The van der Waals surface area contributed by atoms with E-state index in [1.54, 1.807) is 6.07 Å². The molecule has 0 unspecified atom stereocenters. The van der Waals surface area contributed by atoms with Crippen molar-refractivity contribution in [2.45, 2.75) is 18.8 Å². The number of nitrogens with zero attached hydrogens (tertiary/aromatic N) is 1. The second-order valence-corrected chi connectivity index (χ2v) is 3.60. The molecule has 1 aliphatic carbocycles. The predicted octanol–water partition coefficient (Wildman–Crippen LogP) is 2.86. The van der Waals surface area contributed by atoms with Crippen molar-refractivity contribution >= 4 is 15.9 Å². The predicted molar refractivity (Wildman–Crippen MR) is 43.9 cm³/mol. The monoisotopic (exact) mass is 215 g/mol. The lowest BCUT2D eigenvalue weighted by atomic mass is 10.2. The molecule has 0 radical (unpaired) electrons. The van der Waals surface area contributed by atoms with Crippen LogP contribution in [0.4, 0.5) is 4.39 Å². The Bertz CT molecular complexity index is 283. The van der Waals surface area contributed by atoms with Gasteiger partial charge in [0.15, 0.2) is 0 Å². The fourth-order valence-corrected chi connectivity index (χ4v) is 1.41. The van der Waals surface area contributed by atoms with Crippen LogP contribution in [0.5, 0.6) is 0 Å². The van der Waals surface area contributed by atoms with Crippen molar-refractivity contribution in [1.29, 1.82) is 0 Å². The lowest BCUT2D eigenvalue weighted by molar-refractivity contribution is 0.564. The molecule has 1 saturated carbocycles. The van der Waals surface area contributed by atoms with Crippen LogP contribution < -0.4 is 0 Å². The van der Waals surface area contributed by atoms with Crippen LogP contribution in [-0.4, -0.2) is 4.98 Å². The first-order valence-corrected chi connectivity index (χ1v) is 4.38. The molecule has 0 aromatic carbocycles. The van der Waals surface area contributed by atoms with Gasteiger partial charge in [-0.25, -0.2) is 4.98 Å². The van der Waals surface area contributed by atoms with Crippen LogP contribution in [-0.2, 0) is 0 Å². The van der Waals surface area contributed by atoms with Gasteiger partial charge >= 0.3 is 0 Å². The molecule has 0 bridgehead atoms. The van der Waals surface area contributed by atoms with Gasteiger partial charge in [-0.3, -0.25) is 0 Å². The Morgan fingerprint density at radius 2 is 2.18 bits per heavy atom. The van der Waals surface area contributed by atoms with Gasteiger partial charge in [-0.15, -0.1) is 0 Å². The summed E-state index contributed by atoms with van der Waals surface area (Å²) >= 11 is 3.11. The zero-order valence-corrected chi connectivity index (χ0v) is 7.44. The standard InChI is InChI=1S/C8H7BrFN/c9-7-4-3-6(5-1-2-5)8(10)11-7/h3-5H,1-2H2. The van der Waals surface area contributed by atoms with E-state index in [9.17, 15) is 4.39 Å². The summed E-state index contributed by atoms with van der Waals surface area (Å²) in [5, 5.41) is 0. The molecular formula is C8H7BrFN. The van der Waals surface area contributed by atoms with Gasteiger partial charge in [-0.2, -0.15) is 4.39 Å². The highest BCUT2D eigenvalue weighted by Gasteiger charge is 2.26. The smallest absolute Gasteiger partial charge is 0.212 e. The Labute approximate surface area is 72.8 Å². The van der Waals surface area contributed by atoms with Crippen molar-refractivity contribution in [3.8, 4) is 0 Å². The Balaban J connectivity index is 2.39. The van der Waals surface area contributed by atoms with Crippen molar-refractivity contribution in [2.75, 3.05) is 0 Å². The molecule has 2 rings (SSSR count). The number of hydrogen-bond acceptors (Lipinski definition) is 1. The molecule has 0 N–H and O–H groups in total.